The molecule has 32 heavy (non-hydrogen) atoms. The molecule has 1 aliphatic heterocycles. The van der Waals surface area contributed by atoms with Gasteiger partial charge in [0.05, 0.1) is 17.7 Å². The van der Waals surface area contributed by atoms with Gasteiger partial charge in [0.1, 0.15) is 12.1 Å². The van der Waals surface area contributed by atoms with Crippen LogP contribution in [0.15, 0.2) is 35.1 Å². The molecule has 0 spiro atoms. The molecule has 1 fully saturated rings. The zero-order valence-electron chi connectivity index (χ0n) is 19.0. The zero-order chi connectivity index (χ0) is 22.8. The Morgan fingerprint density at radius 3 is 2.53 bits per heavy atom. The van der Waals surface area contributed by atoms with E-state index >= 15 is 0 Å². The molecule has 0 bridgehead atoms. The van der Waals surface area contributed by atoms with Crippen LogP contribution in [-0.2, 0) is 4.79 Å². The molecule has 0 radical (unpaired) electrons. The van der Waals surface area contributed by atoms with Crippen LogP contribution in [0.2, 0.25) is 0 Å². The molecule has 7 nitrogen and oxygen atoms in total. The van der Waals surface area contributed by atoms with Crippen LogP contribution in [0.25, 0.3) is 0 Å². The van der Waals surface area contributed by atoms with Crippen molar-refractivity contribution in [3.05, 3.63) is 51.9 Å². The Morgan fingerprint density at radius 2 is 1.88 bits per heavy atom. The Balaban J connectivity index is 1.47. The summed E-state index contributed by atoms with van der Waals surface area (Å²) in [5, 5.41) is 13.7. The summed E-state index contributed by atoms with van der Waals surface area (Å²) in [7, 11) is 0. The minimum absolute atomic E-state index is 0.164. The van der Waals surface area contributed by atoms with Crippen molar-refractivity contribution in [3.63, 3.8) is 0 Å². The highest BCUT2D eigenvalue weighted by molar-refractivity contribution is 9.10. The molecule has 1 amide bonds. The Kier molecular flexibility index (Phi) is 7.12. The smallest absolute Gasteiger partial charge is 0.231 e. The maximum Gasteiger partial charge on any atom is 0.231 e. The van der Waals surface area contributed by atoms with Gasteiger partial charge >= 0.3 is 0 Å². The van der Waals surface area contributed by atoms with Crippen LogP contribution in [-0.4, -0.2) is 64.6 Å². The molecule has 2 aromatic rings. The van der Waals surface area contributed by atoms with Crippen molar-refractivity contribution in [2.24, 2.45) is 0 Å². The highest BCUT2D eigenvalue weighted by atomic mass is 79.9. The lowest BCUT2D eigenvalue weighted by molar-refractivity contribution is -0.133. The van der Waals surface area contributed by atoms with E-state index in [9.17, 15) is 9.90 Å². The monoisotopic (exact) mass is 501 g/mol. The number of nitrogens with zero attached hydrogens (tertiary/aromatic N) is 4. The first-order chi connectivity index (χ1) is 15.3. The number of carbonyl (C=O) groups is 1. The lowest BCUT2D eigenvalue weighted by Crippen LogP contribution is -2.51. The van der Waals surface area contributed by atoms with Gasteiger partial charge in [-0.25, -0.2) is 9.97 Å². The lowest BCUT2D eigenvalue weighted by Gasteiger charge is -2.38. The van der Waals surface area contributed by atoms with Gasteiger partial charge in [0.2, 0.25) is 5.91 Å². The standard InChI is InChI=1S/C24H32BrN5O2/c1-15(2)26-13-19(17-4-6-18(25)7-5-17)24(32)30-10-8-29(9-11-30)23-21-16(3)12-20(31)22(21)27-14-28-23/h4-7,14-16,19-20,26,31H,8-13H2,1-3H3/t16-,19-,20+/m1/s1. The summed E-state index contributed by atoms with van der Waals surface area (Å²) in [6, 6.07) is 8.36. The molecule has 1 aliphatic carbocycles. The van der Waals surface area contributed by atoms with Gasteiger partial charge in [-0.15, -0.1) is 0 Å². The van der Waals surface area contributed by atoms with Gasteiger partial charge in [0, 0.05) is 48.8 Å². The van der Waals surface area contributed by atoms with Crippen LogP contribution < -0.4 is 10.2 Å². The van der Waals surface area contributed by atoms with Crippen LogP contribution in [0.4, 0.5) is 5.82 Å². The second-order valence-electron chi connectivity index (χ2n) is 9.13. The number of nitrogens with one attached hydrogen (secondary N) is 1. The number of carbonyl (C=O) groups excluding carboxylic acids is 1. The van der Waals surface area contributed by atoms with E-state index in [1.54, 1.807) is 6.33 Å². The molecule has 2 aliphatic rings. The van der Waals surface area contributed by atoms with Gasteiger partial charge in [0.15, 0.2) is 0 Å². The number of amides is 1. The maximum atomic E-state index is 13.5. The van der Waals surface area contributed by atoms with E-state index in [0.717, 1.165) is 40.2 Å². The quantitative estimate of drug-likeness (QED) is 0.632. The van der Waals surface area contributed by atoms with Crippen molar-refractivity contribution in [2.75, 3.05) is 37.6 Å². The van der Waals surface area contributed by atoms with Gasteiger partial charge in [-0.05, 0) is 30.0 Å². The molecule has 0 unspecified atom stereocenters. The minimum Gasteiger partial charge on any atom is -0.387 e. The molecule has 1 aromatic heterocycles. The summed E-state index contributed by atoms with van der Waals surface area (Å²) < 4.78 is 1.01. The minimum atomic E-state index is -0.509. The second kappa shape index (κ2) is 9.85. The van der Waals surface area contributed by atoms with Crippen molar-refractivity contribution < 1.29 is 9.90 Å². The van der Waals surface area contributed by atoms with Gasteiger partial charge in [-0.3, -0.25) is 4.79 Å². The number of halogens is 1. The topological polar surface area (TPSA) is 81.6 Å². The first kappa shape index (κ1) is 23.1. The van der Waals surface area contributed by atoms with Gasteiger partial charge < -0.3 is 20.2 Å². The molecule has 8 heteroatoms. The number of aromatic nitrogens is 2. The van der Waals surface area contributed by atoms with E-state index in [4.69, 9.17) is 0 Å². The normalized spacial score (nSPS) is 21.7. The summed E-state index contributed by atoms with van der Waals surface area (Å²) in [6.07, 6.45) is 1.73. The summed E-state index contributed by atoms with van der Waals surface area (Å²) >= 11 is 3.49. The summed E-state index contributed by atoms with van der Waals surface area (Å²) in [6.45, 7) is 9.69. The molecule has 1 saturated heterocycles. The van der Waals surface area contributed by atoms with E-state index < -0.39 is 6.10 Å². The van der Waals surface area contributed by atoms with Gasteiger partial charge in [-0.1, -0.05) is 48.8 Å². The molecule has 0 saturated carbocycles. The summed E-state index contributed by atoms with van der Waals surface area (Å²) in [4.78, 5) is 26.6. The second-order valence-corrected chi connectivity index (χ2v) is 10.0. The van der Waals surface area contributed by atoms with Gasteiger partial charge in [-0.2, -0.15) is 0 Å². The summed E-state index contributed by atoms with van der Waals surface area (Å²) in [5.74, 6) is 1.10. The van der Waals surface area contributed by atoms with Crippen LogP contribution in [0, 0.1) is 0 Å². The molecule has 4 rings (SSSR count). The van der Waals surface area contributed by atoms with Crippen molar-refractivity contribution in [1.29, 1.82) is 0 Å². The van der Waals surface area contributed by atoms with E-state index in [0.29, 0.717) is 32.1 Å². The number of benzene rings is 1. The van der Waals surface area contributed by atoms with Crippen molar-refractivity contribution >= 4 is 27.7 Å². The summed E-state index contributed by atoms with van der Waals surface area (Å²) in [5.41, 5.74) is 2.86. The first-order valence-electron chi connectivity index (χ1n) is 11.4. The fourth-order valence-electron chi connectivity index (χ4n) is 4.71. The zero-order valence-corrected chi connectivity index (χ0v) is 20.5. The Bertz CT molecular complexity index is 944. The number of hydrogen-bond acceptors (Lipinski definition) is 6. The molecular formula is C24H32BrN5O2. The van der Waals surface area contributed by atoms with Crippen LogP contribution in [0.3, 0.4) is 0 Å². The number of aliphatic hydroxyl groups is 1. The number of aliphatic hydroxyl groups excluding tert-OH is 1. The first-order valence-corrected chi connectivity index (χ1v) is 12.2. The highest BCUT2D eigenvalue weighted by Gasteiger charge is 2.35. The number of hydrogen-bond donors (Lipinski definition) is 2. The van der Waals surface area contributed by atoms with Crippen molar-refractivity contribution in [2.45, 2.75) is 51.2 Å². The van der Waals surface area contributed by atoms with E-state index in [1.165, 1.54) is 0 Å². The lowest BCUT2D eigenvalue weighted by atomic mass is 9.96. The fraction of sp³-hybridized carbons (Fsp3) is 0.542. The number of fused-ring (bicyclic) bond motifs is 1. The predicted molar refractivity (Wildman–Crippen MR) is 129 cm³/mol. The number of rotatable bonds is 6. The molecular weight excluding hydrogens is 470 g/mol. The van der Waals surface area contributed by atoms with Gasteiger partial charge in [0.25, 0.3) is 0 Å². The molecule has 3 atom stereocenters. The fourth-order valence-corrected chi connectivity index (χ4v) is 4.97. The van der Waals surface area contributed by atoms with E-state index in [1.807, 2.05) is 29.2 Å². The third-order valence-electron chi connectivity index (χ3n) is 6.47. The highest BCUT2D eigenvalue weighted by Crippen LogP contribution is 2.42. The number of anilines is 1. The Hall–Kier alpha value is -2.03. The van der Waals surface area contributed by atoms with E-state index in [2.05, 4.69) is 56.9 Å². The van der Waals surface area contributed by atoms with Crippen molar-refractivity contribution in [1.82, 2.24) is 20.2 Å². The van der Waals surface area contributed by atoms with Crippen LogP contribution in [0.5, 0.6) is 0 Å². The van der Waals surface area contributed by atoms with Crippen molar-refractivity contribution in [3.8, 4) is 0 Å². The van der Waals surface area contributed by atoms with Crippen LogP contribution >= 0.6 is 15.9 Å². The average molecular weight is 502 g/mol. The number of piperazine rings is 1. The largest absolute Gasteiger partial charge is 0.387 e. The Labute approximate surface area is 198 Å². The third-order valence-corrected chi connectivity index (χ3v) is 7.00. The van der Waals surface area contributed by atoms with Crippen LogP contribution in [0.1, 0.15) is 62.0 Å². The maximum absolute atomic E-state index is 13.5. The predicted octanol–water partition coefficient (Wildman–Crippen LogP) is 3.21. The average Bonchev–Trinajstić information content (AvgIpc) is 3.08. The van der Waals surface area contributed by atoms with E-state index in [-0.39, 0.29) is 17.7 Å². The third kappa shape index (κ3) is 4.82. The molecule has 2 N–H and O–H groups in total. The molecule has 172 valence electrons. The molecule has 1 aromatic carbocycles. The SMILES string of the molecule is CC(C)NC[C@@H](C(=O)N1CCN(c2ncnc3c2[C@H](C)C[C@@H]3O)CC1)c1ccc(Br)cc1. The molecule has 2 heterocycles. The Morgan fingerprint density at radius 1 is 1.19 bits per heavy atom.